The summed E-state index contributed by atoms with van der Waals surface area (Å²) in [7, 11) is 0. The standard InChI is InChI=1S/C11H23ClO2/c1-2-3-4-5-6-7-8-10(13)11(14)9-12/h10-11,13-14H,2-9H2,1H3/t10-,11-/m1/s1. The van der Waals surface area contributed by atoms with Gasteiger partial charge in [-0.25, -0.2) is 0 Å². The zero-order chi connectivity index (χ0) is 10.8. The molecule has 0 aliphatic rings. The van der Waals surface area contributed by atoms with Crippen LogP contribution in [-0.2, 0) is 0 Å². The Morgan fingerprint density at radius 2 is 1.50 bits per heavy atom. The molecule has 0 aliphatic carbocycles. The Morgan fingerprint density at radius 1 is 0.929 bits per heavy atom. The summed E-state index contributed by atoms with van der Waals surface area (Å²) in [5.41, 5.74) is 0. The fraction of sp³-hybridized carbons (Fsp3) is 1.00. The SMILES string of the molecule is CCCCCCCC[C@@H](O)[C@H](O)CCl. The van der Waals surface area contributed by atoms with Gasteiger partial charge in [-0.2, -0.15) is 0 Å². The highest BCUT2D eigenvalue weighted by molar-refractivity contribution is 6.18. The predicted molar refractivity (Wildman–Crippen MR) is 60.7 cm³/mol. The van der Waals surface area contributed by atoms with Crippen molar-refractivity contribution in [2.45, 2.75) is 64.1 Å². The van der Waals surface area contributed by atoms with Gasteiger partial charge in [0.25, 0.3) is 0 Å². The summed E-state index contributed by atoms with van der Waals surface area (Å²) in [6.45, 7) is 2.20. The van der Waals surface area contributed by atoms with Gasteiger partial charge < -0.3 is 10.2 Å². The highest BCUT2D eigenvalue weighted by Gasteiger charge is 2.13. The number of hydrogen-bond donors (Lipinski definition) is 2. The monoisotopic (exact) mass is 222 g/mol. The molecule has 2 nitrogen and oxygen atoms in total. The van der Waals surface area contributed by atoms with Crippen LogP contribution >= 0.6 is 11.6 Å². The molecule has 0 aromatic carbocycles. The van der Waals surface area contributed by atoms with Gasteiger partial charge in [-0.15, -0.1) is 11.6 Å². The van der Waals surface area contributed by atoms with Crippen molar-refractivity contribution in [2.75, 3.05) is 5.88 Å². The van der Waals surface area contributed by atoms with E-state index in [2.05, 4.69) is 6.92 Å². The van der Waals surface area contributed by atoms with Crippen molar-refractivity contribution in [3.63, 3.8) is 0 Å². The van der Waals surface area contributed by atoms with E-state index >= 15 is 0 Å². The first-order chi connectivity index (χ1) is 6.72. The minimum absolute atomic E-state index is 0.122. The van der Waals surface area contributed by atoms with Gasteiger partial charge in [-0.1, -0.05) is 45.4 Å². The summed E-state index contributed by atoms with van der Waals surface area (Å²) in [5, 5.41) is 18.6. The van der Waals surface area contributed by atoms with E-state index in [1.165, 1.54) is 25.7 Å². The normalized spacial score (nSPS) is 15.4. The molecule has 0 fully saturated rings. The fourth-order valence-corrected chi connectivity index (χ4v) is 1.63. The summed E-state index contributed by atoms with van der Waals surface area (Å²) < 4.78 is 0. The van der Waals surface area contributed by atoms with Gasteiger partial charge in [0.05, 0.1) is 18.1 Å². The number of aliphatic hydroxyl groups excluding tert-OH is 2. The number of hydrogen-bond acceptors (Lipinski definition) is 2. The number of rotatable bonds is 9. The lowest BCUT2D eigenvalue weighted by Crippen LogP contribution is -2.27. The van der Waals surface area contributed by atoms with Crippen LogP contribution in [0.3, 0.4) is 0 Å². The van der Waals surface area contributed by atoms with Crippen molar-refractivity contribution in [1.82, 2.24) is 0 Å². The quantitative estimate of drug-likeness (QED) is 0.465. The van der Waals surface area contributed by atoms with Crippen molar-refractivity contribution in [2.24, 2.45) is 0 Å². The van der Waals surface area contributed by atoms with Crippen LogP contribution in [-0.4, -0.2) is 28.3 Å². The average Bonchev–Trinajstić information content (AvgIpc) is 2.21. The Bertz CT molecular complexity index is 120. The van der Waals surface area contributed by atoms with Crippen LogP contribution in [0.2, 0.25) is 0 Å². The van der Waals surface area contributed by atoms with E-state index < -0.39 is 12.2 Å². The third-order valence-electron chi connectivity index (χ3n) is 2.46. The van der Waals surface area contributed by atoms with E-state index in [1.54, 1.807) is 0 Å². The number of unbranched alkanes of at least 4 members (excludes halogenated alkanes) is 5. The lowest BCUT2D eigenvalue weighted by Gasteiger charge is -2.14. The van der Waals surface area contributed by atoms with E-state index in [9.17, 15) is 10.2 Å². The van der Waals surface area contributed by atoms with Crippen molar-refractivity contribution in [3.8, 4) is 0 Å². The van der Waals surface area contributed by atoms with Crippen molar-refractivity contribution in [1.29, 1.82) is 0 Å². The molecule has 0 heterocycles. The zero-order valence-electron chi connectivity index (χ0n) is 9.08. The van der Waals surface area contributed by atoms with Crippen LogP contribution in [0.15, 0.2) is 0 Å². The fourth-order valence-electron chi connectivity index (χ4n) is 1.43. The largest absolute Gasteiger partial charge is 0.390 e. The van der Waals surface area contributed by atoms with Gasteiger partial charge >= 0.3 is 0 Å². The average molecular weight is 223 g/mol. The molecule has 0 amide bonds. The second-order valence-electron chi connectivity index (χ2n) is 3.85. The first-order valence-electron chi connectivity index (χ1n) is 5.64. The Balaban J connectivity index is 3.18. The maximum atomic E-state index is 9.39. The Hall–Kier alpha value is 0.210. The lowest BCUT2D eigenvalue weighted by atomic mass is 10.0. The molecule has 0 saturated heterocycles. The van der Waals surface area contributed by atoms with E-state index in [0.717, 1.165) is 12.8 Å². The molecule has 2 atom stereocenters. The van der Waals surface area contributed by atoms with E-state index in [0.29, 0.717) is 6.42 Å². The molecule has 0 rings (SSSR count). The van der Waals surface area contributed by atoms with Crippen LogP contribution in [0.5, 0.6) is 0 Å². The summed E-state index contributed by atoms with van der Waals surface area (Å²) in [5.74, 6) is 0.122. The van der Waals surface area contributed by atoms with E-state index in [4.69, 9.17) is 11.6 Å². The molecule has 0 unspecified atom stereocenters. The lowest BCUT2D eigenvalue weighted by molar-refractivity contribution is 0.0267. The van der Waals surface area contributed by atoms with Gasteiger partial charge in [0.15, 0.2) is 0 Å². The topological polar surface area (TPSA) is 40.5 Å². The van der Waals surface area contributed by atoms with Crippen molar-refractivity contribution >= 4 is 11.6 Å². The molecule has 0 aromatic heterocycles. The molecule has 0 radical (unpaired) electrons. The molecule has 2 N–H and O–H groups in total. The van der Waals surface area contributed by atoms with E-state index in [-0.39, 0.29) is 5.88 Å². The van der Waals surface area contributed by atoms with Gasteiger partial charge in [-0.3, -0.25) is 0 Å². The number of halogens is 1. The van der Waals surface area contributed by atoms with Crippen molar-refractivity contribution < 1.29 is 10.2 Å². The first-order valence-corrected chi connectivity index (χ1v) is 6.18. The van der Waals surface area contributed by atoms with Crippen LogP contribution in [0, 0.1) is 0 Å². The zero-order valence-corrected chi connectivity index (χ0v) is 9.84. The Kier molecular flexibility index (Phi) is 9.90. The van der Waals surface area contributed by atoms with Crippen molar-refractivity contribution in [3.05, 3.63) is 0 Å². The molecule has 86 valence electrons. The van der Waals surface area contributed by atoms with Crippen LogP contribution in [0.25, 0.3) is 0 Å². The van der Waals surface area contributed by atoms with Crippen LogP contribution in [0.4, 0.5) is 0 Å². The Morgan fingerprint density at radius 3 is 2.07 bits per heavy atom. The summed E-state index contributed by atoms with van der Waals surface area (Å²) in [4.78, 5) is 0. The molecule has 0 aromatic rings. The third-order valence-corrected chi connectivity index (χ3v) is 2.77. The third kappa shape index (κ3) is 7.60. The molecule has 3 heteroatoms. The highest BCUT2D eigenvalue weighted by Crippen LogP contribution is 2.10. The molecular formula is C11H23ClO2. The predicted octanol–water partition coefficient (Wildman–Crippen LogP) is 2.70. The number of aliphatic hydroxyl groups is 2. The van der Waals surface area contributed by atoms with E-state index in [1.807, 2.05) is 0 Å². The van der Waals surface area contributed by atoms with Gasteiger partial charge in [-0.05, 0) is 6.42 Å². The molecule has 0 spiro atoms. The molecular weight excluding hydrogens is 200 g/mol. The summed E-state index contributed by atoms with van der Waals surface area (Å²) >= 11 is 5.42. The molecule has 0 aliphatic heterocycles. The second-order valence-corrected chi connectivity index (χ2v) is 4.15. The minimum atomic E-state index is -0.757. The summed E-state index contributed by atoms with van der Waals surface area (Å²) in [6.07, 6.45) is 6.47. The number of alkyl halides is 1. The van der Waals surface area contributed by atoms with Crippen LogP contribution < -0.4 is 0 Å². The molecule has 0 saturated carbocycles. The minimum Gasteiger partial charge on any atom is -0.390 e. The Labute approximate surface area is 92.3 Å². The van der Waals surface area contributed by atoms with Gasteiger partial charge in [0, 0.05) is 0 Å². The maximum absolute atomic E-state index is 9.39. The molecule has 0 bridgehead atoms. The van der Waals surface area contributed by atoms with Crippen LogP contribution in [0.1, 0.15) is 51.9 Å². The highest BCUT2D eigenvalue weighted by atomic mass is 35.5. The van der Waals surface area contributed by atoms with Gasteiger partial charge in [0.1, 0.15) is 0 Å². The smallest absolute Gasteiger partial charge is 0.0933 e. The molecule has 14 heavy (non-hydrogen) atoms. The van der Waals surface area contributed by atoms with Gasteiger partial charge in [0.2, 0.25) is 0 Å². The first kappa shape index (κ1) is 14.2. The summed E-state index contributed by atoms with van der Waals surface area (Å²) in [6, 6.07) is 0. The second kappa shape index (κ2) is 9.75. The maximum Gasteiger partial charge on any atom is 0.0933 e.